The highest BCUT2D eigenvalue weighted by molar-refractivity contribution is 7.90. The largest absolute Gasteiger partial charge is 0.324 e. The van der Waals surface area contributed by atoms with Crippen LogP contribution in [0.1, 0.15) is 21.5 Å². The van der Waals surface area contributed by atoms with Crippen molar-refractivity contribution in [2.75, 3.05) is 0 Å². The molecule has 1 N–H and O–H groups in total. The number of nitrogens with zero attached hydrogens (tertiary/aromatic N) is 1. The highest BCUT2D eigenvalue weighted by Crippen LogP contribution is 2.23. The zero-order chi connectivity index (χ0) is 18.9. The molecule has 7 heteroatoms. The van der Waals surface area contributed by atoms with Crippen molar-refractivity contribution in [3.63, 3.8) is 0 Å². The smallest absolute Gasteiger partial charge is 0.265 e. The molecule has 2 aromatic carbocycles. The number of benzene rings is 2. The third kappa shape index (κ3) is 3.52. The second-order valence-electron chi connectivity index (χ2n) is 5.89. The first-order valence-corrected chi connectivity index (χ1v) is 9.72. The molecule has 134 valence electrons. The third-order valence-corrected chi connectivity index (χ3v) is 5.96. The topological polar surface area (TPSA) is 68.2 Å². The molecule has 5 nitrogen and oxygen atoms in total. The molecular weight excluding hydrogens is 372 g/mol. The van der Waals surface area contributed by atoms with Gasteiger partial charge in [0.25, 0.3) is 15.9 Å². The molecule has 0 spiro atoms. The molecule has 0 unspecified atom stereocenters. The maximum atomic E-state index is 12.5. The first-order chi connectivity index (χ1) is 12.3. The van der Waals surface area contributed by atoms with Gasteiger partial charge in [0, 0.05) is 28.7 Å². The number of nitrogens with one attached hydrogen (secondary N) is 1. The molecule has 1 amide bonds. The number of carbonyl (C=O) groups excluding carboxylic acids is 1. The summed E-state index contributed by atoms with van der Waals surface area (Å²) in [7, 11) is -4.02. The fourth-order valence-electron chi connectivity index (χ4n) is 2.70. The van der Waals surface area contributed by atoms with E-state index in [0.717, 1.165) is 11.3 Å². The molecule has 0 radical (unpaired) electrons. The molecule has 0 saturated heterocycles. The van der Waals surface area contributed by atoms with Crippen LogP contribution in [-0.2, 0) is 10.0 Å². The molecule has 0 aliphatic heterocycles. The molecule has 26 heavy (non-hydrogen) atoms. The fraction of sp³-hybridized carbons (Fsp3) is 0.105. The standard InChI is InChI=1S/C19H17ClN2O3S/c1-13-12-15(8-9-17(13)22-10-3-4-11-22)19(23)21-26(24,25)18-7-5-6-16(20)14(18)2/h3-12H,1-2H3,(H,21,23). The van der Waals surface area contributed by atoms with Gasteiger partial charge in [0.15, 0.2) is 0 Å². The normalized spacial score (nSPS) is 11.3. The average Bonchev–Trinajstić information content (AvgIpc) is 3.11. The van der Waals surface area contributed by atoms with Gasteiger partial charge in [0.05, 0.1) is 4.90 Å². The second-order valence-corrected chi connectivity index (χ2v) is 7.95. The summed E-state index contributed by atoms with van der Waals surface area (Å²) in [6.07, 6.45) is 3.79. The van der Waals surface area contributed by atoms with Gasteiger partial charge in [-0.3, -0.25) is 4.79 Å². The zero-order valence-electron chi connectivity index (χ0n) is 14.2. The molecule has 3 aromatic rings. The van der Waals surface area contributed by atoms with E-state index >= 15 is 0 Å². The zero-order valence-corrected chi connectivity index (χ0v) is 15.8. The van der Waals surface area contributed by atoms with E-state index in [9.17, 15) is 13.2 Å². The summed E-state index contributed by atoms with van der Waals surface area (Å²) in [5, 5.41) is 0.326. The minimum atomic E-state index is -4.02. The summed E-state index contributed by atoms with van der Waals surface area (Å²) in [6.45, 7) is 3.46. The predicted molar refractivity (Wildman–Crippen MR) is 101 cm³/mol. The molecule has 1 heterocycles. The molecular formula is C19H17ClN2O3S. The lowest BCUT2D eigenvalue weighted by Crippen LogP contribution is -2.31. The van der Waals surface area contributed by atoms with Crippen LogP contribution in [0.15, 0.2) is 65.8 Å². The van der Waals surface area contributed by atoms with E-state index in [2.05, 4.69) is 4.72 Å². The molecule has 0 atom stereocenters. The van der Waals surface area contributed by atoms with E-state index in [4.69, 9.17) is 11.6 Å². The van der Waals surface area contributed by atoms with E-state index < -0.39 is 15.9 Å². The Balaban J connectivity index is 1.88. The number of amides is 1. The second kappa shape index (κ2) is 6.97. The van der Waals surface area contributed by atoms with Gasteiger partial charge >= 0.3 is 0 Å². The summed E-state index contributed by atoms with van der Waals surface area (Å²) in [5.74, 6) is -0.688. The van der Waals surface area contributed by atoms with Gasteiger partial charge in [-0.2, -0.15) is 0 Å². The highest BCUT2D eigenvalue weighted by Gasteiger charge is 2.22. The Morgan fingerprint density at radius 3 is 2.38 bits per heavy atom. The Labute approximate surface area is 157 Å². The van der Waals surface area contributed by atoms with Crippen molar-refractivity contribution in [1.29, 1.82) is 0 Å². The Morgan fingerprint density at radius 1 is 1.04 bits per heavy atom. The number of halogens is 1. The van der Waals surface area contributed by atoms with Gasteiger partial charge in [-0.25, -0.2) is 13.1 Å². The number of hydrogen-bond acceptors (Lipinski definition) is 3. The van der Waals surface area contributed by atoms with Crippen molar-refractivity contribution in [1.82, 2.24) is 9.29 Å². The van der Waals surface area contributed by atoms with E-state index in [0.29, 0.717) is 10.6 Å². The molecule has 1 aromatic heterocycles. The van der Waals surface area contributed by atoms with Gasteiger partial charge in [-0.15, -0.1) is 0 Å². The fourth-order valence-corrected chi connectivity index (χ4v) is 4.17. The Morgan fingerprint density at radius 2 is 1.73 bits per heavy atom. The number of aromatic nitrogens is 1. The molecule has 3 rings (SSSR count). The van der Waals surface area contributed by atoms with Crippen LogP contribution in [0, 0.1) is 13.8 Å². The molecule has 0 saturated carbocycles. The summed E-state index contributed by atoms with van der Waals surface area (Å²) in [4.78, 5) is 12.4. The summed E-state index contributed by atoms with van der Waals surface area (Å²) >= 11 is 5.98. The van der Waals surface area contributed by atoms with Crippen molar-refractivity contribution >= 4 is 27.5 Å². The van der Waals surface area contributed by atoms with Crippen LogP contribution >= 0.6 is 11.6 Å². The molecule has 0 aliphatic carbocycles. The minimum Gasteiger partial charge on any atom is -0.324 e. The third-order valence-electron chi connectivity index (χ3n) is 4.08. The van der Waals surface area contributed by atoms with Crippen LogP contribution in [0.5, 0.6) is 0 Å². The average molecular weight is 389 g/mol. The Bertz CT molecular complexity index is 1070. The van der Waals surface area contributed by atoms with Gasteiger partial charge in [0.2, 0.25) is 0 Å². The van der Waals surface area contributed by atoms with Gasteiger partial charge < -0.3 is 4.57 Å². The van der Waals surface area contributed by atoms with Crippen LogP contribution in [0.2, 0.25) is 5.02 Å². The highest BCUT2D eigenvalue weighted by atomic mass is 35.5. The van der Waals surface area contributed by atoms with Gasteiger partial charge in [-0.1, -0.05) is 17.7 Å². The summed E-state index contributed by atoms with van der Waals surface area (Å²) in [6, 6.07) is 13.4. The van der Waals surface area contributed by atoms with Crippen LogP contribution in [0.3, 0.4) is 0 Å². The van der Waals surface area contributed by atoms with Gasteiger partial charge in [0.1, 0.15) is 0 Å². The molecule has 0 fully saturated rings. The molecule has 0 aliphatic rings. The number of rotatable bonds is 4. The van der Waals surface area contributed by atoms with Crippen molar-refractivity contribution in [2.45, 2.75) is 18.7 Å². The molecule has 0 bridgehead atoms. The monoisotopic (exact) mass is 388 g/mol. The van der Waals surface area contributed by atoms with E-state index in [1.807, 2.05) is 36.0 Å². The quantitative estimate of drug-likeness (QED) is 0.737. The van der Waals surface area contributed by atoms with Gasteiger partial charge in [-0.05, 0) is 67.4 Å². The van der Waals surface area contributed by atoms with Crippen LogP contribution in [0.25, 0.3) is 5.69 Å². The lowest BCUT2D eigenvalue weighted by atomic mass is 10.1. The number of hydrogen-bond donors (Lipinski definition) is 1. The van der Waals surface area contributed by atoms with Crippen molar-refractivity contribution in [3.8, 4) is 5.69 Å². The number of aryl methyl sites for hydroxylation is 1. The number of sulfonamides is 1. The SMILES string of the molecule is Cc1cc(C(=O)NS(=O)(=O)c2cccc(Cl)c2C)ccc1-n1cccc1. The van der Waals surface area contributed by atoms with Crippen LogP contribution in [0.4, 0.5) is 0 Å². The lowest BCUT2D eigenvalue weighted by molar-refractivity contribution is 0.0981. The summed E-state index contributed by atoms with van der Waals surface area (Å²) < 4.78 is 29.1. The predicted octanol–water partition coefficient (Wildman–Crippen LogP) is 3.87. The maximum absolute atomic E-state index is 12.5. The van der Waals surface area contributed by atoms with Crippen molar-refractivity contribution in [2.24, 2.45) is 0 Å². The van der Waals surface area contributed by atoms with E-state index in [-0.39, 0.29) is 10.5 Å². The minimum absolute atomic E-state index is 0.0148. The number of carbonyl (C=O) groups is 1. The van der Waals surface area contributed by atoms with E-state index in [1.54, 1.807) is 31.2 Å². The maximum Gasteiger partial charge on any atom is 0.265 e. The summed E-state index contributed by atoms with van der Waals surface area (Å²) in [5.41, 5.74) is 2.43. The van der Waals surface area contributed by atoms with Crippen molar-refractivity contribution < 1.29 is 13.2 Å². The van der Waals surface area contributed by atoms with Crippen LogP contribution in [-0.4, -0.2) is 18.9 Å². The van der Waals surface area contributed by atoms with E-state index in [1.165, 1.54) is 12.1 Å². The van der Waals surface area contributed by atoms with Crippen LogP contribution < -0.4 is 4.72 Å². The lowest BCUT2D eigenvalue weighted by Gasteiger charge is -2.12. The Hall–Kier alpha value is -2.57. The Kier molecular flexibility index (Phi) is 4.89. The first kappa shape index (κ1) is 18.2. The van der Waals surface area contributed by atoms with Crippen molar-refractivity contribution in [3.05, 3.63) is 82.6 Å². The first-order valence-electron chi connectivity index (χ1n) is 7.86.